The van der Waals surface area contributed by atoms with Crippen LogP contribution in [0, 0.1) is 18.6 Å². The van der Waals surface area contributed by atoms with Gasteiger partial charge in [-0.3, -0.25) is 4.72 Å². The summed E-state index contributed by atoms with van der Waals surface area (Å²) in [7, 11) is -4.44. The molecule has 0 aliphatic heterocycles. The van der Waals surface area contributed by atoms with Gasteiger partial charge in [0.2, 0.25) is 0 Å². The number of hydrogen-bond acceptors (Lipinski definition) is 4. The summed E-state index contributed by atoms with van der Waals surface area (Å²) in [6.45, 7) is 1.27. The molecule has 122 valence electrons. The SMILES string of the molecule is Cc1cc(S(=O)(=O)Nc2ccc(C(=O)O)cc2O)c(F)cc1F. The van der Waals surface area contributed by atoms with Crippen LogP contribution < -0.4 is 4.72 Å². The molecule has 2 aromatic rings. The molecule has 0 saturated heterocycles. The molecule has 0 aromatic heterocycles. The van der Waals surface area contributed by atoms with Gasteiger partial charge in [0.25, 0.3) is 10.0 Å². The summed E-state index contributed by atoms with van der Waals surface area (Å²) >= 11 is 0. The molecule has 23 heavy (non-hydrogen) atoms. The number of phenols is 1. The van der Waals surface area contributed by atoms with Crippen LogP contribution in [0.5, 0.6) is 5.75 Å². The van der Waals surface area contributed by atoms with E-state index in [-0.39, 0.29) is 16.8 Å². The lowest BCUT2D eigenvalue weighted by Crippen LogP contribution is -2.15. The van der Waals surface area contributed by atoms with Crippen LogP contribution in [-0.4, -0.2) is 24.6 Å². The van der Waals surface area contributed by atoms with Gasteiger partial charge in [0.15, 0.2) is 0 Å². The van der Waals surface area contributed by atoms with Crippen molar-refractivity contribution in [3.05, 3.63) is 53.1 Å². The van der Waals surface area contributed by atoms with Crippen LogP contribution in [-0.2, 0) is 10.0 Å². The Bertz CT molecular complexity index is 896. The summed E-state index contributed by atoms with van der Waals surface area (Å²) in [5, 5.41) is 18.4. The van der Waals surface area contributed by atoms with E-state index in [1.807, 2.05) is 4.72 Å². The molecule has 2 aromatic carbocycles. The van der Waals surface area contributed by atoms with E-state index in [2.05, 4.69) is 0 Å². The van der Waals surface area contributed by atoms with Crippen LogP contribution in [0.3, 0.4) is 0 Å². The lowest BCUT2D eigenvalue weighted by molar-refractivity contribution is 0.0696. The first-order valence-corrected chi connectivity index (χ1v) is 7.65. The molecule has 0 aliphatic carbocycles. The monoisotopic (exact) mass is 343 g/mol. The summed E-state index contributed by atoms with van der Waals surface area (Å²) in [5.41, 5.74) is -0.664. The third-order valence-electron chi connectivity index (χ3n) is 2.99. The molecule has 0 saturated carbocycles. The average Bonchev–Trinajstić information content (AvgIpc) is 2.44. The molecule has 3 N–H and O–H groups in total. The number of hydrogen-bond donors (Lipinski definition) is 3. The Hall–Kier alpha value is -2.68. The normalized spacial score (nSPS) is 11.3. The van der Waals surface area contributed by atoms with Crippen molar-refractivity contribution in [2.75, 3.05) is 4.72 Å². The predicted molar refractivity (Wildman–Crippen MR) is 77.0 cm³/mol. The molecule has 0 fully saturated rings. The van der Waals surface area contributed by atoms with E-state index in [9.17, 15) is 27.1 Å². The van der Waals surface area contributed by atoms with E-state index in [1.165, 1.54) is 6.92 Å². The summed E-state index contributed by atoms with van der Waals surface area (Å²) in [6, 6.07) is 4.18. The van der Waals surface area contributed by atoms with E-state index in [0.717, 1.165) is 24.3 Å². The highest BCUT2D eigenvalue weighted by Crippen LogP contribution is 2.28. The minimum absolute atomic E-state index is 0.0720. The zero-order valence-electron chi connectivity index (χ0n) is 11.7. The second kappa shape index (κ2) is 5.84. The molecule has 2 rings (SSSR count). The second-order valence-corrected chi connectivity index (χ2v) is 6.33. The van der Waals surface area contributed by atoms with Crippen molar-refractivity contribution in [1.29, 1.82) is 0 Å². The van der Waals surface area contributed by atoms with E-state index < -0.39 is 38.3 Å². The van der Waals surface area contributed by atoms with Crippen molar-refractivity contribution in [3.63, 3.8) is 0 Å². The fraction of sp³-hybridized carbons (Fsp3) is 0.0714. The van der Waals surface area contributed by atoms with Gasteiger partial charge < -0.3 is 10.2 Å². The van der Waals surface area contributed by atoms with Gasteiger partial charge in [0, 0.05) is 6.07 Å². The topological polar surface area (TPSA) is 104 Å². The standard InChI is InChI=1S/C14H11F2NO5S/c1-7-4-13(10(16)6-9(7)15)23(21,22)17-11-3-2-8(14(19)20)5-12(11)18/h2-6,17-18H,1H3,(H,19,20). The van der Waals surface area contributed by atoms with Gasteiger partial charge >= 0.3 is 5.97 Å². The van der Waals surface area contributed by atoms with Crippen LogP contribution in [0.15, 0.2) is 35.2 Å². The Morgan fingerprint density at radius 2 is 1.78 bits per heavy atom. The van der Waals surface area contributed by atoms with Crippen LogP contribution in [0.4, 0.5) is 14.5 Å². The molecule has 0 heterocycles. The molecule has 0 atom stereocenters. The third kappa shape index (κ3) is 3.39. The number of rotatable bonds is 4. The number of nitrogens with one attached hydrogen (secondary N) is 1. The molecule has 9 heteroatoms. The molecule has 0 radical (unpaired) electrons. The Morgan fingerprint density at radius 1 is 1.13 bits per heavy atom. The number of halogens is 2. The smallest absolute Gasteiger partial charge is 0.335 e. The van der Waals surface area contributed by atoms with Gasteiger partial charge in [-0.05, 0) is 36.8 Å². The number of carboxylic acids is 1. The van der Waals surface area contributed by atoms with E-state index in [0.29, 0.717) is 6.07 Å². The number of sulfonamides is 1. The van der Waals surface area contributed by atoms with Gasteiger partial charge in [-0.1, -0.05) is 0 Å². The molecule has 0 spiro atoms. The maximum Gasteiger partial charge on any atom is 0.335 e. The van der Waals surface area contributed by atoms with Crippen molar-refractivity contribution in [1.82, 2.24) is 0 Å². The molecular formula is C14H11F2NO5S. The van der Waals surface area contributed by atoms with Crippen LogP contribution >= 0.6 is 0 Å². The van der Waals surface area contributed by atoms with E-state index >= 15 is 0 Å². The quantitative estimate of drug-likeness (QED) is 0.740. The van der Waals surface area contributed by atoms with Crippen LogP contribution in [0.2, 0.25) is 0 Å². The number of aryl methyl sites for hydroxylation is 1. The first-order chi connectivity index (χ1) is 10.6. The van der Waals surface area contributed by atoms with Crippen molar-refractivity contribution in [2.24, 2.45) is 0 Å². The fourth-order valence-electron chi connectivity index (χ4n) is 1.79. The molecule has 6 nitrogen and oxygen atoms in total. The summed E-state index contributed by atoms with van der Waals surface area (Å²) in [4.78, 5) is 9.96. The van der Waals surface area contributed by atoms with Gasteiger partial charge in [-0.15, -0.1) is 0 Å². The average molecular weight is 343 g/mol. The van der Waals surface area contributed by atoms with Crippen molar-refractivity contribution in [3.8, 4) is 5.75 Å². The van der Waals surface area contributed by atoms with Crippen LogP contribution in [0.25, 0.3) is 0 Å². The van der Waals surface area contributed by atoms with Gasteiger partial charge in [0.05, 0.1) is 11.3 Å². The predicted octanol–water partition coefficient (Wildman–Crippen LogP) is 2.48. The lowest BCUT2D eigenvalue weighted by atomic mass is 10.2. The zero-order valence-corrected chi connectivity index (χ0v) is 12.5. The minimum atomic E-state index is -4.44. The molecule has 0 aliphatic rings. The summed E-state index contributed by atoms with van der Waals surface area (Å²) < 4.78 is 53.1. The zero-order chi connectivity index (χ0) is 17.4. The highest BCUT2D eigenvalue weighted by molar-refractivity contribution is 7.92. The first kappa shape index (κ1) is 16.7. The minimum Gasteiger partial charge on any atom is -0.506 e. The van der Waals surface area contributed by atoms with Gasteiger partial charge in [-0.25, -0.2) is 22.0 Å². The number of carbonyl (C=O) groups is 1. The highest BCUT2D eigenvalue weighted by atomic mass is 32.2. The maximum absolute atomic E-state index is 13.7. The van der Waals surface area contributed by atoms with Gasteiger partial charge in [-0.2, -0.15) is 0 Å². The Morgan fingerprint density at radius 3 is 2.35 bits per heavy atom. The molecule has 0 bridgehead atoms. The highest BCUT2D eigenvalue weighted by Gasteiger charge is 2.22. The maximum atomic E-state index is 13.7. The first-order valence-electron chi connectivity index (χ1n) is 6.16. The number of aromatic hydroxyl groups is 1. The van der Waals surface area contributed by atoms with E-state index in [4.69, 9.17) is 5.11 Å². The number of phenolic OH excluding ortho intramolecular Hbond substituents is 1. The van der Waals surface area contributed by atoms with Gasteiger partial charge in [0.1, 0.15) is 22.3 Å². The van der Waals surface area contributed by atoms with Crippen LogP contribution in [0.1, 0.15) is 15.9 Å². The van der Waals surface area contributed by atoms with Crippen molar-refractivity contribution in [2.45, 2.75) is 11.8 Å². The number of benzene rings is 2. The summed E-state index contributed by atoms with van der Waals surface area (Å²) in [6.07, 6.45) is 0. The Kier molecular flexibility index (Phi) is 4.24. The Balaban J connectivity index is 2.43. The third-order valence-corrected chi connectivity index (χ3v) is 4.37. The molecule has 0 unspecified atom stereocenters. The second-order valence-electron chi connectivity index (χ2n) is 4.67. The molecule has 0 amide bonds. The van der Waals surface area contributed by atoms with Crippen molar-refractivity contribution < 1.29 is 32.2 Å². The molecular weight excluding hydrogens is 332 g/mol. The fourth-order valence-corrected chi connectivity index (χ4v) is 3.01. The lowest BCUT2D eigenvalue weighted by Gasteiger charge is -2.11. The Labute approximate surface area is 130 Å². The number of carboxylic acid groups (broad SMARTS) is 1. The number of anilines is 1. The summed E-state index contributed by atoms with van der Waals surface area (Å²) in [5.74, 6) is -4.14. The van der Waals surface area contributed by atoms with Crippen molar-refractivity contribution >= 4 is 21.7 Å². The largest absolute Gasteiger partial charge is 0.506 e. The number of aromatic carboxylic acids is 1. The van der Waals surface area contributed by atoms with E-state index in [1.54, 1.807) is 0 Å².